The van der Waals surface area contributed by atoms with Crippen molar-refractivity contribution >= 4 is 17.6 Å². The Labute approximate surface area is 165 Å². The average Bonchev–Trinajstić information content (AvgIpc) is 2.60. The smallest absolute Gasteiger partial charge is 0.319 e. The van der Waals surface area contributed by atoms with Crippen LogP contribution in [0.1, 0.15) is 35.2 Å². The molecule has 3 rings (SSSR count). The van der Waals surface area contributed by atoms with Crippen molar-refractivity contribution in [2.45, 2.75) is 33.7 Å². The maximum absolute atomic E-state index is 13.2. The van der Waals surface area contributed by atoms with Gasteiger partial charge in [0.2, 0.25) is 0 Å². The fourth-order valence-electron chi connectivity index (χ4n) is 3.80. The number of hydrogen-bond donors (Lipinski definition) is 3. The molecule has 146 valence electrons. The minimum absolute atomic E-state index is 0.293. The van der Waals surface area contributed by atoms with Gasteiger partial charge in [-0.1, -0.05) is 29.8 Å². The zero-order chi connectivity index (χ0) is 20.4. The van der Waals surface area contributed by atoms with Crippen LogP contribution in [-0.2, 0) is 4.79 Å². The van der Waals surface area contributed by atoms with Crippen LogP contribution in [0.5, 0.6) is 5.75 Å². The van der Waals surface area contributed by atoms with Crippen molar-refractivity contribution in [2.75, 3.05) is 12.4 Å². The van der Waals surface area contributed by atoms with Crippen molar-refractivity contribution in [3.63, 3.8) is 0 Å². The van der Waals surface area contributed by atoms with E-state index < -0.39 is 6.04 Å². The Morgan fingerprint density at radius 3 is 2.36 bits per heavy atom. The monoisotopic (exact) mass is 379 g/mol. The highest BCUT2D eigenvalue weighted by Crippen LogP contribution is 2.33. The third-order valence-corrected chi connectivity index (χ3v) is 4.90. The van der Waals surface area contributed by atoms with Gasteiger partial charge in [0.25, 0.3) is 5.91 Å². The van der Waals surface area contributed by atoms with E-state index in [0.29, 0.717) is 22.7 Å². The summed E-state index contributed by atoms with van der Waals surface area (Å²) in [7, 11) is 1.56. The van der Waals surface area contributed by atoms with Crippen LogP contribution in [0.15, 0.2) is 47.7 Å². The standard InChI is InChI=1S/C22H25N3O3/c1-12-10-13(2)18(14(3)11-12)20-19(15(4)23-22(27)25-20)21(26)24-16-8-6-7-9-17(16)28-5/h6-11,20H,1-5H3,(H,24,26)(H2,23,25,27). The highest BCUT2D eigenvalue weighted by atomic mass is 16.5. The van der Waals surface area contributed by atoms with Crippen molar-refractivity contribution in [3.05, 3.63) is 69.9 Å². The lowest BCUT2D eigenvalue weighted by Crippen LogP contribution is -2.46. The Kier molecular flexibility index (Phi) is 5.40. The van der Waals surface area contributed by atoms with E-state index in [1.54, 1.807) is 26.2 Å². The van der Waals surface area contributed by atoms with Crippen LogP contribution < -0.4 is 20.7 Å². The number of allylic oxidation sites excluding steroid dienone is 1. The molecule has 1 heterocycles. The number of para-hydroxylation sites is 2. The summed E-state index contributed by atoms with van der Waals surface area (Å²) in [6.07, 6.45) is 0. The van der Waals surface area contributed by atoms with Crippen molar-refractivity contribution in [1.29, 1.82) is 0 Å². The predicted octanol–water partition coefficient (Wildman–Crippen LogP) is 3.89. The van der Waals surface area contributed by atoms with Gasteiger partial charge in [0.05, 0.1) is 24.4 Å². The van der Waals surface area contributed by atoms with Gasteiger partial charge in [-0.2, -0.15) is 0 Å². The number of ether oxygens (including phenoxy) is 1. The first-order chi connectivity index (χ1) is 13.3. The van der Waals surface area contributed by atoms with E-state index in [0.717, 1.165) is 22.3 Å². The van der Waals surface area contributed by atoms with Crippen LogP contribution in [0, 0.1) is 20.8 Å². The van der Waals surface area contributed by atoms with E-state index in [1.807, 2.05) is 32.9 Å². The number of carbonyl (C=O) groups is 2. The summed E-state index contributed by atoms with van der Waals surface area (Å²) >= 11 is 0. The summed E-state index contributed by atoms with van der Waals surface area (Å²) in [5.41, 5.74) is 5.70. The Bertz CT molecular complexity index is 956. The van der Waals surface area contributed by atoms with Crippen LogP contribution in [-0.4, -0.2) is 19.0 Å². The molecule has 0 saturated carbocycles. The molecular weight excluding hydrogens is 354 g/mol. The molecule has 1 aliphatic heterocycles. The topological polar surface area (TPSA) is 79.5 Å². The molecule has 0 aliphatic carbocycles. The van der Waals surface area contributed by atoms with E-state index in [4.69, 9.17) is 4.74 Å². The highest BCUT2D eigenvalue weighted by Gasteiger charge is 2.33. The molecule has 0 fully saturated rings. The molecular formula is C22H25N3O3. The molecule has 1 atom stereocenters. The molecule has 6 nitrogen and oxygen atoms in total. The van der Waals surface area contributed by atoms with Gasteiger partial charge in [-0.05, 0) is 56.5 Å². The van der Waals surface area contributed by atoms with Gasteiger partial charge < -0.3 is 20.7 Å². The number of amides is 3. The number of benzene rings is 2. The Hall–Kier alpha value is -3.28. The fraction of sp³-hybridized carbons (Fsp3) is 0.273. The highest BCUT2D eigenvalue weighted by molar-refractivity contribution is 6.07. The summed E-state index contributed by atoms with van der Waals surface area (Å²) < 4.78 is 5.32. The summed E-state index contributed by atoms with van der Waals surface area (Å²) in [6, 6.07) is 10.5. The van der Waals surface area contributed by atoms with Crippen LogP contribution in [0.2, 0.25) is 0 Å². The molecule has 0 bridgehead atoms. The molecule has 2 aromatic rings. The third kappa shape index (κ3) is 3.71. The second-order valence-corrected chi connectivity index (χ2v) is 7.04. The number of aryl methyl sites for hydroxylation is 3. The molecule has 0 radical (unpaired) electrons. The lowest BCUT2D eigenvalue weighted by molar-refractivity contribution is -0.113. The van der Waals surface area contributed by atoms with Gasteiger partial charge in [-0.15, -0.1) is 0 Å². The lowest BCUT2D eigenvalue weighted by atomic mass is 9.87. The Morgan fingerprint density at radius 1 is 1.07 bits per heavy atom. The SMILES string of the molecule is COc1ccccc1NC(=O)C1=C(C)NC(=O)NC1c1c(C)cc(C)cc1C. The number of methoxy groups -OCH3 is 1. The molecule has 3 N–H and O–H groups in total. The number of hydrogen-bond acceptors (Lipinski definition) is 3. The molecule has 0 aromatic heterocycles. The zero-order valence-corrected chi connectivity index (χ0v) is 16.8. The molecule has 0 spiro atoms. The number of anilines is 1. The van der Waals surface area contributed by atoms with E-state index in [-0.39, 0.29) is 11.9 Å². The number of nitrogens with one attached hydrogen (secondary N) is 3. The van der Waals surface area contributed by atoms with E-state index in [1.165, 1.54) is 0 Å². The maximum atomic E-state index is 13.2. The summed E-state index contributed by atoms with van der Waals surface area (Å²) in [4.78, 5) is 25.4. The minimum Gasteiger partial charge on any atom is -0.495 e. The van der Waals surface area contributed by atoms with Crippen LogP contribution >= 0.6 is 0 Å². The molecule has 3 amide bonds. The predicted molar refractivity (Wildman–Crippen MR) is 109 cm³/mol. The normalized spacial score (nSPS) is 16.3. The zero-order valence-electron chi connectivity index (χ0n) is 16.8. The lowest BCUT2D eigenvalue weighted by Gasteiger charge is -2.31. The molecule has 28 heavy (non-hydrogen) atoms. The first-order valence-electron chi connectivity index (χ1n) is 9.12. The number of carbonyl (C=O) groups excluding carboxylic acids is 2. The van der Waals surface area contributed by atoms with Gasteiger partial charge in [0, 0.05) is 5.70 Å². The average molecular weight is 379 g/mol. The van der Waals surface area contributed by atoms with Crippen molar-refractivity contribution in [1.82, 2.24) is 10.6 Å². The molecule has 2 aromatic carbocycles. The summed E-state index contributed by atoms with van der Waals surface area (Å²) in [6.45, 7) is 7.76. The largest absolute Gasteiger partial charge is 0.495 e. The first kappa shape index (κ1) is 19.5. The second kappa shape index (κ2) is 7.76. The van der Waals surface area contributed by atoms with E-state index >= 15 is 0 Å². The second-order valence-electron chi connectivity index (χ2n) is 7.04. The van der Waals surface area contributed by atoms with Crippen LogP contribution in [0.25, 0.3) is 0 Å². The van der Waals surface area contributed by atoms with E-state index in [9.17, 15) is 9.59 Å². The van der Waals surface area contributed by atoms with Gasteiger partial charge >= 0.3 is 6.03 Å². The Balaban J connectivity index is 2.04. The molecule has 0 saturated heterocycles. The number of rotatable bonds is 4. The van der Waals surface area contributed by atoms with Gasteiger partial charge in [0.15, 0.2) is 0 Å². The van der Waals surface area contributed by atoms with Crippen LogP contribution in [0.3, 0.4) is 0 Å². The molecule has 1 aliphatic rings. The van der Waals surface area contributed by atoms with Gasteiger partial charge in [-0.3, -0.25) is 4.79 Å². The van der Waals surface area contributed by atoms with Crippen LogP contribution in [0.4, 0.5) is 10.5 Å². The van der Waals surface area contributed by atoms with Crippen molar-refractivity contribution in [3.8, 4) is 5.75 Å². The Morgan fingerprint density at radius 2 is 1.71 bits per heavy atom. The van der Waals surface area contributed by atoms with Crippen molar-refractivity contribution in [2.24, 2.45) is 0 Å². The third-order valence-electron chi connectivity index (χ3n) is 4.90. The van der Waals surface area contributed by atoms with E-state index in [2.05, 4.69) is 28.1 Å². The first-order valence-corrected chi connectivity index (χ1v) is 9.12. The quantitative estimate of drug-likeness (QED) is 0.754. The molecule has 1 unspecified atom stereocenters. The van der Waals surface area contributed by atoms with Gasteiger partial charge in [-0.25, -0.2) is 4.79 Å². The molecule has 6 heteroatoms. The minimum atomic E-state index is -0.538. The summed E-state index contributed by atoms with van der Waals surface area (Å²) in [5.74, 6) is 0.278. The van der Waals surface area contributed by atoms with Gasteiger partial charge in [0.1, 0.15) is 5.75 Å². The summed E-state index contributed by atoms with van der Waals surface area (Å²) in [5, 5.41) is 8.54. The number of urea groups is 1. The maximum Gasteiger partial charge on any atom is 0.319 e. The van der Waals surface area contributed by atoms with Crippen molar-refractivity contribution < 1.29 is 14.3 Å². The fourth-order valence-corrected chi connectivity index (χ4v) is 3.80.